The van der Waals surface area contributed by atoms with Crippen LogP contribution < -0.4 is 5.32 Å². The van der Waals surface area contributed by atoms with Gasteiger partial charge in [-0.1, -0.05) is 48.4 Å². The number of amides is 1. The topological polar surface area (TPSA) is 46.9 Å². The molecule has 2 aromatic carbocycles. The first kappa shape index (κ1) is 17.5. The molecule has 1 aliphatic rings. The molecule has 0 unspecified atom stereocenters. The summed E-state index contributed by atoms with van der Waals surface area (Å²) in [7, 11) is 0. The zero-order valence-electron chi connectivity index (χ0n) is 15.3. The molecule has 4 nitrogen and oxygen atoms in total. The molecule has 27 heavy (non-hydrogen) atoms. The van der Waals surface area contributed by atoms with E-state index in [9.17, 15) is 9.18 Å². The van der Waals surface area contributed by atoms with Crippen molar-refractivity contribution in [2.75, 3.05) is 5.32 Å². The fourth-order valence-electron chi connectivity index (χ4n) is 3.57. The molecule has 3 aromatic rings. The average molecular weight is 363 g/mol. The van der Waals surface area contributed by atoms with Gasteiger partial charge in [0.2, 0.25) is 0 Å². The van der Waals surface area contributed by atoms with E-state index in [1.165, 1.54) is 11.6 Å². The Kier molecular flexibility index (Phi) is 4.75. The van der Waals surface area contributed by atoms with Gasteiger partial charge in [-0.15, -0.1) is 0 Å². The highest BCUT2D eigenvalue weighted by Gasteiger charge is 2.24. The van der Waals surface area contributed by atoms with Crippen LogP contribution in [-0.4, -0.2) is 15.5 Å². The molecule has 0 saturated carbocycles. The summed E-state index contributed by atoms with van der Waals surface area (Å²) in [5.74, 6) is 0.00426. The number of nitrogens with zero attached hydrogens (tertiary/aromatic N) is 2. The van der Waals surface area contributed by atoms with Crippen LogP contribution in [0.1, 0.15) is 41.0 Å². The Labute approximate surface area is 158 Å². The molecule has 1 amide bonds. The third-order valence-electron chi connectivity index (χ3n) is 5.01. The minimum absolute atomic E-state index is 0.176. The van der Waals surface area contributed by atoms with E-state index in [2.05, 4.69) is 14.9 Å². The molecule has 0 fully saturated rings. The zero-order valence-corrected chi connectivity index (χ0v) is 15.3. The van der Waals surface area contributed by atoms with E-state index in [1.54, 1.807) is 18.2 Å². The number of benzene rings is 2. The Morgan fingerprint density at radius 2 is 1.85 bits per heavy atom. The van der Waals surface area contributed by atoms with Gasteiger partial charge in [0.05, 0.1) is 11.4 Å². The van der Waals surface area contributed by atoms with Gasteiger partial charge in [0.15, 0.2) is 0 Å². The summed E-state index contributed by atoms with van der Waals surface area (Å²) in [6, 6.07) is 14.4. The van der Waals surface area contributed by atoms with Crippen molar-refractivity contribution < 1.29 is 9.18 Å². The van der Waals surface area contributed by atoms with Crippen LogP contribution in [0.4, 0.5) is 10.1 Å². The summed E-state index contributed by atoms with van der Waals surface area (Å²) < 4.78 is 16.1. The minimum atomic E-state index is -0.449. The van der Waals surface area contributed by atoms with Crippen LogP contribution in [0.25, 0.3) is 11.4 Å². The van der Waals surface area contributed by atoms with Crippen LogP contribution in [0.5, 0.6) is 0 Å². The number of para-hydroxylation sites is 1. The van der Waals surface area contributed by atoms with Gasteiger partial charge in [-0.3, -0.25) is 4.79 Å². The Morgan fingerprint density at radius 3 is 2.63 bits per heavy atom. The number of fused-ring (bicyclic) bond motifs is 1. The number of aromatic nitrogens is 2. The monoisotopic (exact) mass is 363 g/mol. The molecule has 0 bridgehead atoms. The maximum atomic E-state index is 13.9. The quantitative estimate of drug-likeness (QED) is 0.714. The van der Waals surface area contributed by atoms with Gasteiger partial charge in [0, 0.05) is 12.1 Å². The van der Waals surface area contributed by atoms with Gasteiger partial charge >= 0.3 is 0 Å². The van der Waals surface area contributed by atoms with E-state index < -0.39 is 5.82 Å². The highest BCUT2D eigenvalue weighted by molar-refractivity contribution is 6.04. The second kappa shape index (κ2) is 7.35. The molecule has 0 aliphatic carbocycles. The largest absolute Gasteiger partial charge is 0.327 e. The molecule has 1 N–H and O–H groups in total. The van der Waals surface area contributed by atoms with Crippen molar-refractivity contribution in [3.63, 3.8) is 0 Å². The number of halogens is 1. The number of aryl methyl sites for hydroxylation is 1. The van der Waals surface area contributed by atoms with E-state index >= 15 is 0 Å². The molecule has 0 saturated heterocycles. The lowest BCUT2D eigenvalue weighted by atomic mass is 10.1. The number of carbonyl (C=O) groups excluding carboxylic acids is 1. The Bertz CT molecular complexity index is 976. The number of rotatable bonds is 3. The summed E-state index contributed by atoms with van der Waals surface area (Å²) in [4.78, 5) is 17.6. The Hall–Kier alpha value is -2.95. The zero-order chi connectivity index (χ0) is 18.8. The van der Waals surface area contributed by atoms with Gasteiger partial charge in [-0.25, -0.2) is 9.37 Å². The first-order valence-electron chi connectivity index (χ1n) is 9.36. The average Bonchev–Trinajstić information content (AvgIpc) is 2.86. The van der Waals surface area contributed by atoms with Gasteiger partial charge in [-0.2, -0.15) is 0 Å². The fraction of sp³-hybridized carbons (Fsp3) is 0.273. The molecule has 4 rings (SSSR count). The molecule has 1 aromatic heterocycles. The standard InChI is InChI=1S/C22H22FN3O/c1-15-10-12-16(13-11-15)21-25-20(19-9-3-2-6-14-26(19)21)22(27)24-18-8-5-4-7-17(18)23/h4-5,7-8,10-13H,2-3,6,9,14H2,1H3,(H,24,27). The fourth-order valence-corrected chi connectivity index (χ4v) is 3.57. The third kappa shape index (κ3) is 3.50. The molecule has 138 valence electrons. The van der Waals surface area contributed by atoms with Crippen molar-refractivity contribution in [2.24, 2.45) is 0 Å². The first-order chi connectivity index (χ1) is 13.1. The number of hydrogen-bond acceptors (Lipinski definition) is 2. The molecule has 0 atom stereocenters. The minimum Gasteiger partial charge on any atom is -0.327 e. The maximum Gasteiger partial charge on any atom is 0.276 e. The SMILES string of the molecule is Cc1ccc(-c2nc(C(=O)Nc3ccccc3F)c3n2CCCCC3)cc1. The van der Waals surface area contributed by atoms with Crippen molar-refractivity contribution in [1.29, 1.82) is 0 Å². The normalized spacial score (nSPS) is 13.7. The van der Waals surface area contributed by atoms with Crippen molar-refractivity contribution in [2.45, 2.75) is 39.2 Å². The van der Waals surface area contributed by atoms with Crippen molar-refractivity contribution in [1.82, 2.24) is 9.55 Å². The van der Waals surface area contributed by atoms with Crippen LogP contribution in [0, 0.1) is 12.7 Å². The summed E-state index contributed by atoms with van der Waals surface area (Å²) >= 11 is 0. The summed E-state index contributed by atoms with van der Waals surface area (Å²) in [6.45, 7) is 2.89. The number of imidazole rings is 1. The van der Waals surface area contributed by atoms with E-state index in [-0.39, 0.29) is 11.6 Å². The van der Waals surface area contributed by atoms with Crippen molar-refractivity contribution >= 4 is 11.6 Å². The number of hydrogen-bond donors (Lipinski definition) is 1. The molecule has 5 heteroatoms. The molecule has 0 radical (unpaired) electrons. The van der Waals surface area contributed by atoms with E-state index in [0.717, 1.165) is 49.3 Å². The summed E-state index contributed by atoms with van der Waals surface area (Å²) in [5, 5.41) is 2.68. The number of carbonyl (C=O) groups is 1. The second-order valence-electron chi connectivity index (χ2n) is 6.99. The molecule has 1 aliphatic heterocycles. The first-order valence-corrected chi connectivity index (χ1v) is 9.36. The number of anilines is 1. The lowest BCUT2D eigenvalue weighted by Crippen LogP contribution is -2.16. The highest BCUT2D eigenvalue weighted by atomic mass is 19.1. The predicted octanol–water partition coefficient (Wildman–Crippen LogP) is 4.98. The molecule has 2 heterocycles. The lowest BCUT2D eigenvalue weighted by Gasteiger charge is -2.09. The van der Waals surface area contributed by atoms with Crippen LogP contribution in [0.15, 0.2) is 48.5 Å². The second-order valence-corrected chi connectivity index (χ2v) is 6.99. The summed E-state index contributed by atoms with van der Waals surface area (Å²) in [6.07, 6.45) is 4.03. The highest BCUT2D eigenvalue weighted by Crippen LogP contribution is 2.28. The Morgan fingerprint density at radius 1 is 1.07 bits per heavy atom. The van der Waals surface area contributed by atoms with Crippen LogP contribution >= 0.6 is 0 Å². The molecule has 0 spiro atoms. The smallest absolute Gasteiger partial charge is 0.276 e. The van der Waals surface area contributed by atoms with Gasteiger partial charge in [0.25, 0.3) is 5.91 Å². The van der Waals surface area contributed by atoms with Gasteiger partial charge in [-0.05, 0) is 38.3 Å². The van der Waals surface area contributed by atoms with E-state index in [1.807, 2.05) is 31.2 Å². The van der Waals surface area contributed by atoms with E-state index in [4.69, 9.17) is 0 Å². The van der Waals surface area contributed by atoms with Crippen molar-refractivity contribution in [3.8, 4) is 11.4 Å². The van der Waals surface area contributed by atoms with Crippen LogP contribution in [-0.2, 0) is 13.0 Å². The lowest BCUT2D eigenvalue weighted by molar-refractivity contribution is 0.102. The number of nitrogens with one attached hydrogen (secondary N) is 1. The van der Waals surface area contributed by atoms with Gasteiger partial charge in [0.1, 0.15) is 17.3 Å². The predicted molar refractivity (Wildman–Crippen MR) is 104 cm³/mol. The van der Waals surface area contributed by atoms with Gasteiger partial charge < -0.3 is 9.88 Å². The third-order valence-corrected chi connectivity index (χ3v) is 5.01. The maximum absolute atomic E-state index is 13.9. The van der Waals surface area contributed by atoms with Crippen molar-refractivity contribution in [3.05, 3.63) is 71.3 Å². The van der Waals surface area contributed by atoms with Crippen LogP contribution in [0.3, 0.4) is 0 Å². The molecular weight excluding hydrogens is 341 g/mol. The Balaban J connectivity index is 1.75. The van der Waals surface area contributed by atoms with Crippen LogP contribution in [0.2, 0.25) is 0 Å². The van der Waals surface area contributed by atoms with E-state index in [0.29, 0.717) is 5.69 Å². The summed E-state index contributed by atoms with van der Waals surface area (Å²) in [5.41, 5.74) is 3.69. The molecular formula is C22H22FN3O.